The molecule has 1 aromatic heterocycles. The molecule has 5 atom stereocenters. The molecule has 3 heterocycles. The quantitative estimate of drug-likeness (QED) is 0.238. The topological polar surface area (TPSA) is 121 Å². The number of benzene rings is 3. The number of rotatable bonds is 12. The number of fused-ring (bicyclic) bond motifs is 2. The van der Waals surface area contributed by atoms with Crippen molar-refractivity contribution in [2.24, 2.45) is 5.92 Å². The van der Waals surface area contributed by atoms with Crippen molar-refractivity contribution in [3.63, 3.8) is 0 Å². The van der Waals surface area contributed by atoms with Gasteiger partial charge in [-0.05, 0) is 43.1 Å². The van der Waals surface area contributed by atoms with Gasteiger partial charge in [0.15, 0.2) is 6.23 Å². The van der Waals surface area contributed by atoms with Crippen LogP contribution in [-0.4, -0.2) is 46.4 Å². The molecule has 2 saturated heterocycles. The predicted molar refractivity (Wildman–Crippen MR) is 162 cm³/mol. The van der Waals surface area contributed by atoms with E-state index >= 15 is 0 Å². The molecule has 0 spiro atoms. The summed E-state index contributed by atoms with van der Waals surface area (Å²) in [7, 11) is 0. The Labute approximate surface area is 254 Å². The number of hydrogen-bond acceptors (Lipinski definition) is 8. The van der Waals surface area contributed by atoms with Crippen molar-refractivity contribution in [1.29, 1.82) is 0 Å². The third kappa shape index (κ3) is 6.29. The average Bonchev–Trinajstić information content (AvgIpc) is 3.23. The van der Waals surface area contributed by atoms with Gasteiger partial charge in [0.2, 0.25) is 5.78 Å². The fourth-order valence-electron chi connectivity index (χ4n) is 6.01. The summed E-state index contributed by atoms with van der Waals surface area (Å²) in [6.45, 7) is 2.72. The largest absolute Gasteiger partial charge is 0.457 e. The molecule has 0 aliphatic carbocycles. The lowest BCUT2D eigenvalue weighted by atomic mass is 9.76. The zero-order chi connectivity index (χ0) is 30.5. The van der Waals surface area contributed by atoms with Crippen LogP contribution in [-0.2, 0) is 32.2 Å². The first-order valence-corrected chi connectivity index (χ1v) is 14.7. The van der Waals surface area contributed by atoms with Crippen LogP contribution in [0.2, 0.25) is 0 Å². The van der Waals surface area contributed by atoms with E-state index in [-0.39, 0.29) is 19.0 Å². The van der Waals surface area contributed by atoms with E-state index in [0.717, 1.165) is 11.1 Å². The number of nitrogens with zero attached hydrogens (tertiary/aromatic N) is 1. The minimum absolute atomic E-state index is 0.0980. The van der Waals surface area contributed by atoms with Gasteiger partial charge in [0.1, 0.15) is 11.4 Å². The Morgan fingerprint density at radius 3 is 2.27 bits per heavy atom. The molecule has 2 aliphatic heterocycles. The van der Waals surface area contributed by atoms with Crippen molar-refractivity contribution in [1.82, 2.24) is 14.9 Å². The summed E-state index contributed by atoms with van der Waals surface area (Å²) in [4.78, 5) is 42.2. The van der Waals surface area contributed by atoms with Gasteiger partial charge < -0.3 is 24.3 Å². The molecule has 0 amide bonds. The Balaban J connectivity index is 1.35. The number of aromatic nitrogens is 2. The number of aromatic amines is 1. The lowest BCUT2D eigenvalue weighted by molar-refractivity contribution is -0.172. The smallest absolute Gasteiger partial charge is 0.330 e. The maximum absolute atomic E-state index is 14.6. The van der Waals surface area contributed by atoms with Crippen LogP contribution in [0.5, 0.6) is 5.75 Å². The number of ketones is 1. The van der Waals surface area contributed by atoms with Crippen molar-refractivity contribution in [2.45, 2.75) is 50.7 Å². The normalized spacial score (nSPS) is 23.2. The van der Waals surface area contributed by atoms with Gasteiger partial charge in [-0.3, -0.25) is 19.1 Å². The highest BCUT2D eigenvalue weighted by Gasteiger charge is 2.62. The number of carbonyl (C=O) groups excluding carboxylic acids is 1. The van der Waals surface area contributed by atoms with Gasteiger partial charge in [-0.1, -0.05) is 78.9 Å². The molecule has 2 bridgehead atoms. The molecule has 2 N–H and O–H groups in total. The third-order valence-corrected chi connectivity index (χ3v) is 8.16. The van der Waals surface area contributed by atoms with E-state index in [2.05, 4.69) is 10.3 Å². The van der Waals surface area contributed by atoms with Crippen molar-refractivity contribution in [3.05, 3.63) is 135 Å². The summed E-state index contributed by atoms with van der Waals surface area (Å²) in [6.07, 6.45) is -0.242. The summed E-state index contributed by atoms with van der Waals surface area (Å²) in [5.41, 5.74) is 0.0315. The van der Waals surface area contributed by atoms with Gasteiger partial charge in [-0.15, -0.1) is 0 Å². The maximum Gasteiger partial charge on any atom is 0.330 e. The van der Waals surface area contributed by atoms with Gasteiger partial charge >= 0.3 is 5.69 Å². The van der Waals surface area contributed by atoms with E-state index < -0.39 is 41.3 Å². The van der Waals surface area contributed by atoms with Crippen LogP contribution in [0.1, 0.15) is 29.3 Å². The maximum atomic E-state index is 14.6. The first kappa shape index (κ1) is 29.7. The Kier molecular flexibility index (Phi) is 8.85. The monoisotopic (exact) mass is 597 g/mol. The van der Waals surface area contributed by atoms with Gasteiger partial charge in [0, 0.05) is 11.8 Å². The van der Waals surface area contributed by atoms with Crippen LogP contribution >= 0.6 is 0 Å². The van der Waals surface area contributed by atoms with Crippen LogP contribution < -0.4 is 21.3 Å². The molecule has 44 heavy (non-hydrogen) atoms. The standard InChI is InChI=1S/C34H35N3O7/c1-23-19-37(33(40)36-30(23)39)31-28-27(34(44-31,17-18-35-28)22-41-20-24-11-5-2-6-12-24)29(38)32(43-26-15-9-4-10-16-26)42-21-25-13-7-3-8-14-25/h2-16,19,27-28,31-32,35H,17-18,20-22H2,1H3,(H,36,39,40). The Morgan fingerprint density at radius 1 is 0.955 bits per heavy atom. The molecule has 2 fully saturated rings. The van der Waals surface area contributed by atoms with E-state index in [4.69, 9.17) is 18.9 Å². The second-order valence-corrected chi connectivity index (χ2v) is 11.2. The van der Waals surface area contributed by atoms with Crippen molar-refractivity contribution in [3.8, 4) is 5.75 Å². The molecule has 5 unspecified atom stereocenters. The third-order valence-electron chi connectivity index (χ3n) is 8.16. The first-order valence-electron chi connectivity index (χ1n) is 14.7. The first-order chi connectivity index (χ1) is 21.4. The summed E-state index contributed by atoms with van der Waals surface area (Å²) in [5.74, 6) is -0.656. The number of carbonyl (C=O) groups is 1. The van der Waals surface area contributed by atoms with Gasteiger partial charge in [-0.2, -0.15) is 0 Å². The average molecular weight is 598 g/mol. The van der Waals surface area contributed by atoms with Crippen molar-refractivity contribution >= 4 is 5.78 Å². The molecular formula is C34H35N3O7. The van der Waals surface area contributed by atoms with E-state index in [9.17, 15) is 14.4 Å². The number of nitrogens with one attached hydrogen (secondary N) is 2. The summed E-state index contributed by atoms with van der Waals surface area (Å²) in [5, 5.41) is 3.41. The fraction of sp³-hybridized carbons (Fsp3) is 0.324. The molecule has 10 heteroatoms. The zero-order valence-corrected chi connectivity index (χ0v) is 24.4. The Bertz CT molecular complexity index is 1680. The molecule has 2 aliphatic rings. The second kappa shape index (κ2) is 13.1. The van der Waals surface area contributed by atoms with Crippen LogP contribution in [0.3, 0.4) is 0 Å². The lowest BCUT2D eigenvalue weighted by Crippen LogP contribution is -2.59. The van der Waals surface area contributed by atoms with Crippen LogP contribution in [0.15, 0.2) is 107 Å². The molecule has 228 valence electrons. The van der Waals surface area contributed by atoms with Gasteiger partial charge in [-0.25, -0.2) is 4.79 Å². The van der Waals surface area contributed by atoms with E-state index in [0.29, 0.717) is 30.9 Å². The van der Waals surface area contributed by atoms with E-state index in [1.54, 1.807) is 19.1 Å². The van der Waals surface area contributed by atoms with Crippen LogP contribution in [0.4, 0.5) is 0 Å². The predicted octanol–water partition coefficient (Wildman–Crippen LogP) is 3.50. The zero-order valence-electron chi connectivity index (χ0n) is 24.4. The van der Waals surface area contributed by atoms with Gasteiger partial charge in [0.05, 0.1) is 31.8 Å². The number of piperidine rings is 1. The highest BCUT2D eigenvalue weighted by molar-refractivity contribution is 5.87. The Hall–Kier alpha value is -4.35. The minimum atomic E-state index is -1.27. The van der Waals surface area contributed by atoms with Gasteiger partial charge in [0.25, 0.3) is 11.8 Å². The fourth-order valence-corrected chi connectivity index (χ4v) is 6.01. The number of hydrogen-bond donors (Lipinski definition) is 2. The van der Waals surface area contributed by atoms with E-state index in [1.165, 1.54) is 10.8 Å². The SMILES string of the molecule is Cc1cn(C2OC3(COCc4ccccc4)CCNC2C3C(=O)C(OCc2ccccc2)Oc2ccccc2)c(=O)[nH]c1=O. The number of Topliss-reactive ketones (excluding diaryl/α,β-unsaturated/α-hetero) is 1. The molecule has 4 aromatic rings. The van der Waals surface area contributed by atoms with Crippen LogP contribution in [0.25, 0.3) is 0 Å². The molecule has 10 nitrogen and oxygen atoms in total. The highest BCUT2D eigenvalue weighted by Crippen LogP contribution is 2.47. The molecule has 0 saturated carbocycles. The second-order valence-electron chi connectivity index (χ2n) is 11.2. The summed E-state index contributed by atoms with van der Waals surface area (Å²) in [6, 6.07) is 27.7. The number of ether oxygens (including phenoxy) is 4. The number of aryl methyl sites for hydroxylation is 1. The van der Waals surface area contributed by atoms with Crippen LogP contribution in [0, 0.1) is 12.8 Å². The number of H-pyrrole nitrogens is 1. The number of para-hydroxylation sites is 1. The minimum Gasteiger partial charge on any atom is -0.457 e. The van der Waals surface area contributed by atoms with Crippen molar-refractivity contribution < 1.29 is 23.7 Å². The van der Waals surface area contributed by atoms with Crippen molar-refractivity contribution in [2.75, 3.05) is 13.2 Å². The summed E-state index contributed by atoms with van der Waals surface area (Å²) >= 11 is 0. The lowest BCUT2D eigenvalue weighted by Gasteiger charge is -2.39. The van der Waals surface area contributed by atoms with E-state index in [1.807, 2.05) is 78.9 Å². The molecular weight excluding hydrogens is 562 g/mol. The summed E-state index contributed by atoms with van der Waals surface area (Å²) < 4.78 is 26.6. The molecule has 3 aromatic carbocycles. The Morgan fingerprint density at radius 2 is 1.59 bits per heavy atom. The molecule has 6 rings (SSSR count). The molecule has 0 radical (unpaired) electrons. The highest BCUT2D eigenvalue weighted by atomic mass is 16.7.